The average Bonchev–Trinajstić information content (AvgIpc) is 2.65. The Morgan fingerprint density at radius 2 is 2.08 bits per heavy atom. The monoisotopic (exact) mass is 370 g/mol. The van der Waals surface area contributed by atoms with Crippen LogP contribution in [0.15, 0.2) is 23.1 Å². The van der Waals surface area contributed by atoms with E-state index >= 15 is 0 Å². The highest BCUT2D eigenvalue weighted by Crippen LogP contribution is 2.32. The lowest BCUT2D eigenvalue weighted by Crippen LogP contribution is -2.45. The first kappa shape index (κ1) is 19.5. The topological polar surface area (TPSA) is 84.9 Å². The average molecular weight is 370 g/mol. The number of ether oxygens (including phenoxy) is 2. The van der Waals surface area contributed by atoms with Gasteiger partial charge in [-0.05, 0) is 31.4 Å². The zero-order valence-electron chi connectivity index (χ0n) is 14.9. The lowest BCUT2D eigenvalue weighted by atomic mass is 9.99. The molecule has 8 heteroatoms. The number of methoxy groups -OCH3 is 2. The van der Waals surface area contributed by atoms with Crippen molar-refractivity contribution in [2.45, 2.75) is 31.1 Å². The van der Waals surface area contributed by atoms with E-state index in [1.807, 2.05) is 6.92 Å². The summed E-state index contributed by atoms with van der Waals surface area (Å²) in [5, 5.41) is 2.85. The summed E-state index contributed by atoms with van der Waals surface area (Å²) in [4.78, 5) is 12.3. The largest absolute Gasteiger partial charge is 0.497 e. The minimum absolute atomic E-state index is 0.0592. The molecule has 1 aliphatic rings. The Labute approximate surface area is 149 Å². The van der Waals surface area contributed by atoms with E-state index in [0.29, 0.717) is 31.7 Å². The molecule has 0 radical (unpaired) electrons. The number of benzene rings is 1. The molecule has 2 rings (SSSR count). The standard InChI is InChI=1S/C17H26N2O5S/c1-4-9-18-17(20)13-6-5-10-19(12-13)25(21,22)16-11-14(23-2)7-8-15(16)24-3/h7-8,11,13H,4-6,9-10,12H2,1-3H3,(H,18,20). The van der Waals surface area contributed by atoms with Gasteiger partial charge in [-0.15, -0.1) is 0 Å². The number of hydrogen-bond acceptors (Lipinski definition) is 5. The maximum Gasteiger partial charge on any atom is 0.246 e. The van der Waals surface area contributed by atoms with Crippen molar-refractivity contribution < 1.29 is 22.7 Å². The van der Waals surface area contributed by atoms with Crippen molar-refractivity contribution in [1.29, 1.82) is 0 Å². The smallest absolute Gasteiger partial charge is 0.246 e. The van der Waals surface area contributed by atoms with Gasteiger partial charge in [0.2, 0.25) is 15.9 Å². The van der Waals surface area contributed by atoms with E-state index < -0.39 is 10.0 Å². The fourth-order valence-electron chi connectivity index (χ4n) is 2.89. The highest BCUT2D eigenvalue weighted by molar-refractivity contribution is 7.89. The summed E-state index contributed by atoms with van der Waals surface area (Å²) in [6.07, 6.45) is 2.19. The lowest BCUT2D eigenvalue weighted by molar-refractivity contribution is -0.126. The summed E-state index contributed by atoms with van der Waals surface area (Å²) in [5.74, 6) is 0.290. The van der Waals surface area contributed by atoms with Gasteiger partial charge < -0.3 is 14.8 Å². The first-order valence-corrected chi connectivity index (χ1v) is 9.88. The molecule has 0 spiro atoms. The molecule has 1 amide bonds. The number of carbonyl (C=O) groups excluding carboxylic acids is 1. The molecular formula is C17H26N2O5S. The van der Waals surface area contributed by atoms with Crippen LogP contribution in [0.3, 0.4) is 0 Å². The Morgan fingerprint density at radius 3 is 2.72 bits per heavy atom. The number of nitrogens with one attached hydrogen (secondary N) is 1. The van der Waals surface area contributed by atoms with Crippen molar-refractivity contribution in [2.24, 2.45) is 5.92 Å². The van der Waals surface area contributed by atoms with Crippen LogP contribution in [-0.2, 0) is 14.8 Å². The third-order valence-corrected chi connectivity index (χ3v) is 6.18. The van der Waals surface area contributed by atoms with Crippen LogP contribution in [0.1, 0.15) is 26.2 Å². The summed E-state index contributed by atoms with van der Waals surface area (Å²) in [7, 11) is -0.868. The molecule has 1 atom stereocenters. The predicted molar refractivity (Wildman–Crippen MR) is 94.3 cm³/mol. The second kappa shape index (κ2) is 8.53. The zero-order chi connectivity index (χ0) is 18.4. The van der Waals surface area contributed by atoms with Crippen LogP contribution in [0.4, 0.5) is 0 Å². The van der Waals surface area contributed by atoms with E-state index in [-0.39, 0.29) is 29.0 Å². The van der Waals surface area contributed by atoms with Gasteiger partial charge in [-0.25, -0.2) is 8.42 Å². The quantitative estimate of drug-likeness (QED) is 0.789. The normalized spacial score (nSPS) is 18.6. The van der Waals surface area contributed by atoms with Crippen molar-refractivity contribution in [3.63, 3.8) is 0 Å². The number of rotatable bonds is 7. The van der Waals surface area contributed by atoms with E-state index in [9.17, 15) is 13.2 Å². The van der Waals surface area contributed by atoms with Crippen LogP contribution in [0.25, 0.3) is 0 Å². The Hall–Kier alpha value is -1.80. The molecule has 7 nitrogen and oxygen atoms in total. The molecule has 0 saturated carbocycles. The molecule has 0 aromatic heterocycles. The van der Waals surface area contributed by atoms with Gasteiger partial charge in [-0.3, -0.25) is 4.79 Å². The maximum absolute atomic E-state index is 13.1. The van der Waals surface area contributed by atoms with Crippen LogP contribution in [0.2, 0.25) is 0 Å². The van der Waals surface area contributed by atoms with Gasteiger partial charge in [-0.2, -0.15) is 4.31 Å². The minimum Gasteiger partial charge on any atom is -0.497 e. The summed E-state index contributed by atoms with van der Waals surface area (Å²) in [6, 6.07) is 4.67. The highest BCUT2D eigenvalue weighted by atomic mass is 32.2. The molecule has 1 heterocycles. The Kier molecular flexibility index (Phi) is 6.66. The number of amides is 1. The molecule has 140 valence electrons. The van der Waals surface area contributed by atoms with Gasteiger partial charge in [0.15, 0.2) is 0 Å². The van der Waals surface area contributed by atoms with Gasteiger partial charge >= 0.3 is 0 Å². The van der Waals surface area contributed by atoms with Crippen molar-refractivity contribution in [1.82, 2.24) is 9.62 Å². The van der Waals surface area contributed by atoms with Crippen LogP contribution in [-0.4, -0.2) is 52.5 Å². The summed E-state index contributed by atoms with van der Waals surface area (Å²) in [6.45, 7) is 3.15. The number of piperidine rings is 1. The fourth-order valence-corrected chi connectivity index (χ4v) is 4.59. The molecular weight excluding hydrogens is 344 g/mol. The predicted octanol–water partition coefficient (Wildman–Crippen LogP) is 1.63. The Balaban J connectivity index is 2.25. The van der Waals surface area contributed by atoms with Crippen LogP contribution in [0.5, 0.6) is 11.5 Å². The SMILES string of the molecule is CCCNC(=O)C1CCCN(S(=O)(=O)c2cc(OC)ccc2OC)C1. The number of nitrogens with zero attached hydrogens (tertiary/aromatic N) is 1. The van der Waals surface area contributed by atoms with E-state index in [1.165, 1.54) is 24.6 Å². The highest BCUT2D eigenvalue weighted by Gasteiger charge is 2.35. The second-order valence-corrected chi connectivity index (χ2v) is 7.92. The Bertz CT molecular complexity index is 705. The lowest BCUT2D eigenvalue weighted by Gasteiger charge is -2.31. The molecule has 0 aliphatic carbocycles. The van der Waals surface area contributed by atoms with Gasteiger partial charge in [0.1, 0.15) is 16.4 Å². The molecule has 1 saturated heterocycles. The molecule has 1 aromatic rings. The molecule has 0 bridgehead atoms. The molecule has 1 N–H and O–H groups in total. The van der Waals surface area contributed by atoms with Gasteiger partial charge in [-0.1, -0.05) is 6.92 Å². The van der Waals surface area contributed by atoms with Crippen molar-refractivity contribution in [2.75, 3.05) is 33.9 Å². The maximum atomic E-state index is 13.1. The third kappa shape index (κ3) is 4.43. The van der Waals surface area contributed by atoms with Crippen molar-refractivity contribution in [3.8, 4) is 11.5 Å². The van der Waals surface area contributed by atoms with Gasteiger partial charge in [0.05, 0.1) is 20.1 Å². The molecule has 1 aromatic carbocycles. The minimum atomic E-state index is -3.78. The second-order valence-electron chi connectivity index (χ2n) is 6.01. The van der Waals surface area contributed by atoms with Crippen molar-refractivity contribution >= 4 is 15.9 Å². The van der Waals surface area contributed by atoms with E-state index in [0.717, 1.165) is 6.42 Å². The van der Waals surface area contributed by atoms with Crippen LogP contribution >= 0.6 is 0 Å². The van der Waals surface area contributed by atoms with Crippen LogP contribution < -0.4 is 14.8 Å². The third-order valence-electron chi connectivity index (χ3n) is 4.29. The van der Waals surface area contributed by atoms with E-state index in [4.69, 9.17) is 9.47 Å². The van der Waals surface area contributed by atoms with E-state index in [2.05, 4.69) is 5.32 Å². The number of hydrogen-bond donors (Lipinski definition) is 1. The first-order chi connectivity index (χ1) is 11.9. The molecule has 1 fully saturated rings. The van der Waals surface area contributed by atoms with E-state index in [1.54, 1.807) is 12.1 Å². The fraction of sp³-hybridized carbons (Fsp3) is 0.588. The summed E-state index contributed by atoms with van der Waals surface area (Å²) < 4.78 is 37.9. The number of sulfonamides is 1. The summed E-state index contributed by atoms with van der Waals surface area (Å²) >= 11 is 0. The zero-order valence-corrected chi connectivity index (χ0v) is 15.8. The number of carbonyl (C=O) groups is 1. The van der Waals surface area contributed by atoms with Crippen LogP contribution in [0, 0.1) is 5.92 Å². The Morgan fingerprint density at radius 1 is 1.32 bits per heavy atom. The molecule has 25 heavy (non-hydrogen) atoms. The van der Waals surface area contributed by atoms with Gasteiger partial charge in [0.25, 0.3) is 0 Å². The summed E-state index contributed by atoms with van der Waals surface area (Å²) in [5.41, 5.74) is 0. The molecule has 1 aliphatic heterocycles. The van der Waals surface area contributed by atoms with Crippen molar-refractivity contribution in [3.05, 3.63) is 18.2 Å². The van der Waals surface area contributed by atoms with Gasteiger partial charge in [0, 0.05) is 25.7 Å². The molecule has 1 unspecified atom stereocenters. The first-order valence-electron chi connectivity index (χ1n) is 8.44.